The molecule has 1 aliphatic carbocycles. The molecule has 21 heavy (non-hydrogen) atoms. The van der Waals surface area contributed by atoms with Crippen LogP contribution in [0.5, 0.6) is 5.75 Å². The lowest BCUT2D eigenvalue weighted by Crippen LogP contribution is -2.18. The van der Waals surface area contributed by atoms with Crippen LogP contribution >= 0.6 is 11.6 Å². The SMILES string of the molecule is O=c1ccc2c(Cl)cc(C#CC3CC3)c3c2n1CCCO3. The van der Waals surface area contributed by atoms with Crippen molar-refractivity contribution in [1.29, 1.82) is 0 Å². The van der Waals surface area contributed by atoms with Gasteiger partial charge in [0.15, 0.2) is 5.75 Å². The first-order valence-electron chi connectivity index (χ1n) is 7.24. The summed E-state index contributed by atoms with van der Waals surface area (Å²) in [7, 11) is 0. The van der Waals surface area contributed by atoms with Gasteiger partial charge in [0.1, 0.15) is 0 Å². The second kappa shape index (κ2) is 4.82. The Morgan fingerprint density at radius 1 is 1.33 bits per heavy atom. The van der Waals surface area contributed by atoms with E-state index in [9.17, 15) is 4.79 Å². The first-order valence-corrected chi connectivity index (χ1v) is 7.62. The Morgan fingerprint density at radius 3 is 3.00 bits per heavy atom. The molecule has 1 aliphatic heterocycles. The third kappa shape index (κ3) is 2.20. The van der Waals surface area contributed by atoms with Crippen LogP contribution in [0.4, 0.5) is 0 Å². The molecular weight excluding hydrogens is 286 g/mol. The van der Waals surface area contributed by atoms with Crippen LogP contribution in [-0.2, 0) is 6.54 Å². The molecule has 4 rings (SSSR count). The van der Waals surface area contributed by atoms with Crippen LogP contribution in [0.3, 0.4) is 0 Å². The number of ether oxygens (including phenoxy) is 1. The number of aryl methyl sites for hydroxylation is 1. The zero-order chi connectivity index (χ0) is 14.4. The number of hydrogen-bond donors (Lipinski definition) is 0. The average molecular weight is 300 g/mol. The van der Waals surface area contributed by atoms with E-state index in [0.717, 1.165) is 22.9 Å². The summed E-state index contributed by atoms with van der Waals surface area (Å²) in [5.41, 5.74) is 1.56. The van der Waals surface area contributed by atoms with Crippen molar-refractivity contribution in [2.24, 2.45) is 5.92 Å². The average Bonchev–Trinajstić information content (AvgIpc) is 3.29. The van der Waals surface area contributed by atoms with E-state index in [2.05, 4.69) is 11.8 Å². The van der Waals surface area contributed by atoms with E-state index in [4.69, 9.17) is 16.3 Å². The van der Waals surface area contributed by atoms with Gasteiger partial charge in [-0.2, -0.15) is 0 Å². The first kappa shape index (κ1) is 12.8. The van der Waals surface area contributed by atoms with Crippen LogP contribution in [0.15, 0.2) is 23.0 Å². The number of nitrogens with zero attached hydrogens (tertiary/aromatic N) is 1. The molecule has 0 amide bonds. The lowest BCUT2D eigenvalue weighted by atomic mass is 10.1. The molecular formula is C17H14ClNO2. The highest BCUT2D eigenvalue weighted by atomic mass is 35.5. The molecule has 1 aromatic carbocycles. The summed E-state index contributed by atoms with van der Waals surface area (Å²) >= 11 is 6.39. The van der Waals surface area contributed by atoms with E-state index >= 15 is 0 Å². The number of benzene rings is 1. The Morgan fingerprint density at radius 2 is 2.19 bits per heavy atom. The fourth-order valence-corrected chi connectivity index (χ4v) is 2.94. The monoisotopic (exact) mass is 299 g/mol. The lowest BCUT2D eigenvalue weighted by molar-refractivity contribution is 0.315. The van der Waals surface area contributed by atoms with Gasteiger partial charge in [0.25, 0.3) is 5.56 Å². The molecule has 1 aromatic heterocycles. The van der Waals surface area contributed by atoms with Gasteiger partial charge in [-0.25, -0.2) is 0 Å². The van der Waals surface area contributed by atoms with E-state index in [0.29, 0.717) is 29.8 Å². The Labute approximate surface area is 127 Å². The van der Waals surface area contributed by atoms with Gasteiger partial charge in [-0.1, -0.05) is 23.4 Å². The molecule has 0 bridgehead atoms. The molecule has 1 fully saturated rings. The number of halogens is 1. The Kier molecular flexibility index (Phi) is 2.94. The van der Waals surface area contributed by atoms with Crippen LogP contribution in [0.25, 0.3) is 10.9 Å². The predicted molar refractivity (Wildman–Crippen MR) is 82.9 cm³/mol. The Hall–Kier alpha value is -1.92. The van der Waals surface area contributed by atoms with E-state index in [-0.39, 0.29) is 5.56 Å². The van der Waals surface area contributed by atoms with Gasteiger partial charge in [-0.15, -0.1) is 0 Å². The van der Waals surface area contributed by atoms with Gasteiger partial charge < -0.3 is 9.30 Å². The summed E-state index contributed by atoms with van der Waals surface area (Å²) in [6, 6.07) is 5.19. The maximum Gasteiger partial charge on any atom is 0.251 e. The van der Waals surface area contributed by atoms with Crippen molar-refractivity contribution in [3.05, 3.63) is 39.1 Å². The summed E-state index contributed by atoms with van der Waals surface area (Å²) in [4.78, 5) is 12.1. The summed E-state index contributed by atoms with van der Waals surface area (Å²) in [6.07, 6.45) is 3.16. The van der Waals surface area contributed by atoms with Crippen molar-refractivity contribution in [3.63, 3.8) is 0 Å². The largest absolute Gasteiger partial charge is 0.490 e. The Bertz CT molecular complexity index is 853. The maximum absolute atomic E-state index is 12.1. The molecule has 3 nitrogen and oxygen atoms in total. The molecule has 0 radical (unpaired) electrons. The molecule has 4 heteroatoms. The van der Waals surface area contributed by atoms with Gasteiger partial charge in [-0.3, -0.25) is 4.79 Å². The maximum atomic E-state index is 12.1. The van der Waals surface area contributed by atoms with Crippen molar-refractivity contribution in [2.45, 2.75) is 25.8 Å². The van der Waals surface area contributed by atoms with Crippen molar-refractivity contribution >= 4 is 22.5 Å². The van der Waals surface area contributed by atoms with Crippen molar-refractivity contribution in [3.8, 4) is 17.6 Å². The van der Waals surface area contributed by atoms with Gasteiger partial charge in [0.05, 0.1) is 22.7 Å². The molecule has 2 aliphatic rings. The second-order valence-electron chi connectivity index (χ2n) is 5.57. The number of hydrogen-bond acceptors (Lipinski definition) is 2. The fraction of sp³-hybridized carbons (Fsp3) is 0.353. The molecule has 0 N–H and O–H groups in total. The standard InChI is InChI=1S/C17H14ClNO2/c18-14-10-12(5-4-11-2-3-11)17-16-13(14)6-7-15(20)19(16)8-1-9-21-17/h6-7,10-11H,1-3,8-9H2. The van der Waals surface area contributed by atoms with E-state index < -0.39 is 0 Å². The van der Waals surface area contributed by atoms with Gasteiger partial charge >= 0.3 is 0 Å². The zero-order valence-corrected chi connectivity index (χ0v) is 12.2. The zero-order valence-electron chi connectivity index (χ0n) is 11.5. The van der Waals surface area contributed by atoms with Crippen molar-refractivity contribution in [1.82, 2.24) is 4.57 Å². The summed E-state index contributed by atoms with van der Waals surface area (Å²) < 4.78 is 7.65. The van der Waals surface area contributed by atoms with Crippen LogP contribution in [0.2, 0.25) is 5.02 Å². The molecule has 0 spiro atoms. The summed E-state index contributed by atoms with van der Waals surface area (Å²) in [5, 5.41) is 1.47. The molecule has 1 saturated carbocycles. The smallest absolute Gasteiger partial charge is 0.251 e. The molecule has 2 aromatic rings. The highest BCUT2D eigenvalue weighted by Crippen LogP contribution is 2.36. The molecule has 0 atom stereocenters. The lowest BCUT2D eigenvalue weighted by Gasteiger charge is -2.12. The second-order valence-corrected chi connectivity index (χ2v) is 5.97. The number of rotatable bonds is 0. The predicted octanol–water partition coefficient (Wildman–Crippen LogP) is 3.20. The van der Waals surface area contributed by atoms with Gasteiger partial charge in [0, 0.05) is 23.9 Å². The van der Waals surface area contributed by atoms with Crippen LogP contribution in [-0.4, -0.2) is 11.2 Å². The third-order valence-electron chi connectivity index (χ3n) is 3.93. The highest BCUT2D eigenvalue weighted by Gasteiger charge is 2.20. The summed E-state index contributed by atoms with van der Waals surface area (Å²) in [5.74, 6) is 7.65. The number of pyridine rings is 1. The van der Waals surface area contributed by atoms with Crippen LogP contribution in [0.1, 0.15) is 24.8 Å². The van der Waals surface area contributed by atoms with Gasteiger partial charge in [-0.05, 0) is 31.4 Å². The van der Waals surface area contributed by atoms with Gasteiger partial charge in [0.2, 0.25) is 0 Å². The minimum absolute atomic E-state index is 0.0161. The van der Waals surface area contributed by atoms with Crippen LogP contribution in [0, 0.1) is 17.8 Å². The molecule has 2 heterocycles. The minimum atomic E-state index is -0.0161. The minimum Gasteiger partial charge on any atom is -0.490 e. The molecule has 0 unspecified atom stereocenters. The Balaban J connectivity index is 2.05. The highest BCUT2D eigenvalue weighted by molar-refractivity contribution is 6.35. The fourth-order valence-electron chi connectivity index (χ4n) is 2.68. The number of aromatic nitrogens is 1. The van der Waals surface area contributed by atoms with E-state index in [1.807, 2.05) is 6.07 Å². The topological polar surface area (TPSA) is 31.2 Å². The van der Waals surface area contributed by atoms with Crippen LogP contribution < -0.4 is 10.3 Å². The third-order valence-corrected chi connectivity index (χ3v) is 4.25. The summed E-state index contributed by atoms with van der Waals surface area (Å²) in [6.45, 7) is 1.25. The molecule has 0 saturated heterocycles. The van der Waals surface area contributed by atoms with E-state index in [1.165, 1.54) is 12.8 Å². The first-order chi connectivity index (χ1) is 10.2. The molecule has 106 valence electrons. The van der Waals surface area contributed by atoms with Crippen molar-refractivity contribution < 1.29 is 4.74 Å². The van der Waals surface area contributed by atoms with E-state index in [1.54, 1.807) is 16.7 Å². The quantitative estimate of drug-likeness (QED) is 0.700. The normalized spacial score (nSPS) is 16.8. The van der Waals surface area contributed by atoms with Crippen molar-refractivity contribution in [2.75, 3.05) is 6.61 Å².